The molecule has 4 aromatic heterocycles. The van der Waals surface area contributed by atoms with Crippen molar-refractivity contribution in [2.75, 3.05) is 16.8 Å². The number of amides is 2. The predicted molar refractivity (Wildman–Crippen MR) is 112 cm³/mol. The molecule has 1 aliphatic rings. The van der Waals surface area contributed by atoms with Gasteiger partial charge in [-0.05, 0) is 13.0 Å². The van der Waals surface area contributed by atoms with Crippen molar-refractivity contribution in [3.63, 3.8) is 0 Å². The minimum absolute atomic E-state index is 0.0703. The van der Waals surface area contributed by atoms with Crippen LogP contribution in [0.4, 0.5) is 38.1 Å². The first kappa shape index (κ1) is 22.9. The molecule has 16 heteroatoms. The number of carbonyl (C=O) groups excluding carboxylic acids is 1. The summed E-state index contributed by atoms with van der Waals surface area (Å²) in [4.78, 5) is 21.8. The fourth-order valence-corrected chi connectivity index (χ4v) is 4.07. The number of aromatic nitrogens is 7. The first-order chi connectivity index (χ1) is 16.5. The van der Waals surface area contributed by atoms with E-state index in [0.29, 0.717) is 0 Å². The number of hydrogen-bond acceptors (Lipinski definition) is 6. The van der Waals surface area contributed by atoms with Gasteiger partial charge in [-0.25, -0.2) is 32.7 Å². The lowest BCUT2D eigenvalue weighted by Crippen LogP contribution is -2.46. The number of hydrogen-bond donors (Lipinski definition) is 1. The predicted octanol–water partition coefficient (Wildman–Crippen LogP) is 4.17. The van der Waals surface area contributed by atoms with Gasteiger partial charge in [0.15, 0.2) is 16.6 Å². The molecule has 0 bridgehead atoms. The molecule has 0 saturated heterocycles. The number of halogens is 6. The number of pyridine rings is 1. The minimum atomic E-state index is -4.77. The maximum Gasteiger partial charge on any atom is 0.401 e. The van der Waals surface area contributed by atoms with Crippen LogP contribution in [0.3, 0.4) is 0 Å². The third-order valence-corrected chi connectivity index (χ3v) is 5.80. The number of anilines is 2. The molecule has 4 aromatic rings. The number of rotatable bonds is 3. The van der Waals surface area contributed by atoms with Gasteiger partial charge in [0.2, 0.25) is 0 Å². The molecule has 182 valence electrons. The Labute approximate surface area is 197 Å². The average Bonchev–Trinajstić information content (AvgIpc) is 3.50. The largest absolute Gasteiger partial charge is 0.401 e. The van der Waals surface area contributed by atoms with Gasteiger partial charge in [0.05, 0.1) is 47.4 Å². The van der Waals surface area contributed by atoms with E-state index >= 15 is 0 Å². The monoisotopic (exact) mass is 513 g/mol. The van der Waals surface area contributed by atoms with E-state index in [1.807, 2.05) is 0 Å². The zero-order chi connectivity index (χ0) is 25.1. The van der Waals surface area contributed by atoms with Gasteiger partial charge in [-0.1, -0.05) is 16.8 Å². The van der Waals surface area contributed by atoms with E-state index in [-0.39, 0.29) is 33.7 Å². The molecule has 0 radical (unpaired) electrons. The summed E-state index contributed by atoms with van der Waals surface area (Å²) in [5, 5.41) is 13.3. The zero-order valence-corrected chi connectivity index (χ0v) is 18.3. The number of nitrogens with one attached hydrogen (secondary N) is 1. The Bertz CT molecular complexity index is 1440. The molecule has 0 aromatic carbocycles. The van der Waals surface area contributed by atoms with Crippen LogP contribution >= 0.6 is 11.6 Å². The van der Waals surface area contributed by atoms with Crippen molar-refractivity contribution in [2.45, 2.75) is 24.9 Å². The quantitative estimate of drug-likeness (QED) is 0.412. The van der Waals surface area contributed by atoms with Gasteiger partial charge in [-0.15, -0.1) is 5.10 Å². The van der Waals surface area contributed by atoms with Crippen molar-refractivity contribution in [3.05, 3.63) is 53.3 Å². The molecule has 2 amide bonds. The lowest BCUT2D eigenvalue weighted by Gasteiger charge is -2.28. The molecule has 0 spiro atoms. The topological polar surface area (TPSA) is 106 Å². The second-order valence-electron chi connectivity index (χ2n) is 7.86. The Balaban J connectivity index is 1.53. The number of alkyl halides is 5. The second kappa shape index (κ2) is 7.83. The van der Waals surface area contributed by atoms with E-state index in [4.69, 9.17) is 11.6 Å². The summed E-state index contributed by atoms with van der Waals surface area (Å²) in [6, 6.07) is 1.24. The van der Waals surface area contributed by atoms with Crippen LogP contribution < -0.4 is 10.2 Å². The molecular weight excluding hydrogens is 501 g/mol. The Kier molecular flexibility index (Phi) is 5.12. The minimum Gasteiger partial charge on any atom is -0.306 e. The molecule has 1 aliphatic heterocycles. The molecule has 35 heavy (non-hydrogen) atoms. The third-order valence-electron chi connectivity index (χ3n) is 5.61. The highest BCUT2D eigenvalue weighted by Crippen LogP contribution is 2.50. The summed E-state index contributed by atoms with van der Waals surface area (Å²) in [5.74, 6) is -0.214. The van der Waals surface area contributed by atoms with Gasteiger partial charge in [-0.2, -0.15) is 18.3 Å². The van der Waals surface area contributed by atoms with E-state index in [9.17, 15) is 26.7 Å². The van der Waals surface area contributed by atoms with E-state index in [1.165, 1.54) is 18.5 Å². The summed E-state index contributed by atoms with van der Waals surface area (Å²) >= 11 is 5.86. The standard InChI is InChI=1S/C19H13ClF5N9O/c1-18(19(23,24)25)8-32(11-7-26-13-5-12(20)30-34(13)14(11)18)17(35)29-9-4-10(15(21)22)16(27-6-9)33-3-2-28-31-33/h2-7,15H,8H2,1H3,(H,29,35)/t18-/m1/s1. The van der Waals surface area contributed by atoms with Gasteiger partial charge in [-0.3, -0.25) is 4.90 Å². The van der Waals surface area contributed by atoms with Crippen LogP contribution in [0.25, 0.3) is 11.5 Å². The summed E-state index contributed by atoms with van der Waals surface area (Å²) in [7, 11) is 0. The fourth-order valence-electron chi connectivity index (χ4n) is 3.90. The highest BCUT2D eigenvalue weighted by atomic mass is 35.5. The van der Waals surface area contributed by atoms with Crippen LogP contribution in [-0.2, 0) is 5.41 Å². The van der Waals surface area contributed by atoms with Gasteiger partial charge in [0, 0.05) is 12.6 Å². The number of carbonyl (C=O) groups is 1. The van der Waals surface area contributed by atoms with E-state index < -0.39 is 36.2 Å². The van der Waals surface area contributed by atoms with Crippen molar-refractivity contribution in [1.29, 1.82) is 0 Å². The molecule has 0 aliphatic carbocycles. The first-order valence-electron chi connectivity index (χ1n) is 9.84. The summed E-state index contributed by atoms with van der Waals surface area (Å²) < 4.78 is 71.8. The average molecular weight is 514 g/mol. The Hall–Kier alpha value is -3.88. The van der Waals surface area contributed by atoms with E-state index in [2.05, 4.69) is 30.7 Å². The van der Waals surface area contributed by atoms with Gasteiger partial charge >= 0.3 is 12.2 Å². The highest BCUT2D eigenvalue weighted by Gasteiger charge is 2.60. The first-order valence-corrected chi connectivity index (χ1v) is 10.2. The summed E-state index contributed by atoms with van der Waals surface area (Å²) in [5.41, 5.74) is -3.65. The SMILES string of the molecule is C[C@@]1(C(F)(F)F)CN(C(=O)Nc2cnc(-n3ccnn3)c(C(F)F)c2)c2cnc3cc(Cl)nn3c21. The van der Waals surface area contributed by atoms with Gasteiger partial charge in [0.25, 0.3) is 6.43 Å². The van der Waals surface area contributed by atoms with Crippen LogP contribution in [0.1, 0.15) is 24.6 Å². The molecule has 0 unspecified atom stereocenters. The van der Waals surface area contributed by atoms with Crippen LogP contribution in [0, 0.1) is 0 Å². The van der Waals surface area contributed by atoms with Gasteiger partial charge in [0.1, 0.15) is 5.41 Å². The second-order valence-corrected chi connectivity index (χ2v) is 8.25. The van der Waals surface area contributed by atoms with E-state index in [1.54, 1.807) is 0 Å². The van der Waals surface area contributed by atoms with Crippen LogP contribution in [0.5, 0.6) is 0 Å². The smallest absolute Gasteiger partial charge is 0.306 e. The number of fused-ring (bicyclic) bond motifs is 3. The normalized spacial score (nSPS) is 17.9. The van der Waals surface area contributed by atoms with Crippen LogP contribution in [-0.4, -0.2) is 53.3 Å². The molecule has 10 nitrogen and oxygen atoms in total. The number of nitrogens with zero attached hydrogens (tertiary/aromatic N) is 8. The molecule has 0 saturated carbocycles. The Morgan fingerprint density at radius 1 is 1.23 bits per heavy atom. The van der Waals surface area contributed by atoms with Crippen LogP contribution in [0.15, 0.2) is 36.9 Å². The lowest BCUT2D eigenvalue weighted by molar-refractivity contribution is -0.181. The van der Waals surface area contributed by atoms with Crippen molar-refractivity contribution < 1.29 is 26.7 Å². The summed E-state index contributed by atoms with van der Waals surface area (Å²) in [6.07, 6.45) is -2.99. The molecule has 5 rings (SSSR count). The van der Waals surface area contributed by atoms with Gasteiger partial charge < -0.3 is 5.32 Å². The van der Waals surface area contributed by atoms with Crippen molar-refractivity contribution in [1.82, 2.24) is 34.6 Å². The number of urea groups is 1. The molecule has 0 fully saturated rings. The van der Waals surface area contributed by atoms with Crippen molar-refractivity contribution in [2.24, 2.45) is 0 Å². The van der Waals surface area contributed by atoms with Crippen molar-refractivity contribution >= 4 is 34.7 Å². The Morgan fingerprint density at radius 2 is 2.00 bits per heavy atom. The van der Waals surface area contributed by atoms with E-state index in [0.717, 1.165) is 39.5 Å². The molecule has 1 N–H and O–H groups in total. The summed E-state index contributed by atoms with van der Waals surface area (Å²) in [6.45, 7) is 0.125. The maximum absolute atomic E-state index is 14.2. The highest BCUT2D eigenvalue weighted by molar-refractivity contribution is 6.29. The molecular formula is C19H13ClF5N9O. The lowest BCUT2D eigenvalue weighted by atomic mass is 9.88. The third kappa shape index (κ3) is 3.62. The maximum atomic E-state index is 14.2. The molecule has 1 atom stereocenters. The Morgan fingerprint density at radius 3 is 2.66 bits per heavy atom. The van der Waals surface area contributed by atoms with Crippen LogP contribution in [0.2, 0.25) is 5.15 Å². The van der Waals surface area contributed by atoms with Crippen molar-refractivity contribution in [3.8, 4) is 5.82 Å². The zero-order valence-electron chi connectivity index (χ0n) is 17.5. The fraction of sp³-hybridized carbons (Fsp3) is 0.263. The molecule has 5 heterocycles.